The van der Waals surface area contributed by atoms with Crippen molar-refractivity contribution >= 4 is 11.6 Å². The fraction of sp³-hybridized carbons (Fsp3) is 0.467. The predicted octanol–water partition coefficient (Wildman–Crippen LogP) is 2.43. The van der Waals surface area contributed by atoms with Crippen LogP contribution in [0.15, 0.2) is 29.4 Å². The van der Waals surface area contributed by atoms with E-state index in [1.165, 1.54) is 12.1 Å². The van der Waals surface area contributed by atoms with Gasteiger partial charge in [0.15, 0.2) is 0 Å². The van der Waals surface area contributed by atoms with E-state index in [9.17, 15) is 27.5 Å². The zero-order valence-electron chi connectivity index (χ0n) is 12.8. The zero-order valence-corrected chi connectivity index (χ0v) is 12.8. The van der Waals surface area contributed by atoms with Gasteiger partial charge >= 0.3 is 0 Å². The van der Waals surface area contributed by atoms with Crippen molar-refractivity contribution in [3.63, 3.8) is 0 Å². The number of hydrazone groups is 1. The average molecular weight is 348 g/mol. The number of ether oxygens (including phenoxy) is 1. The molecule has 5 nitrogen and oxygen atoms in total. The second-order valence-corrected chi connectivity index (χ2v) is 5.21. The summed E-state index contributed by atoms with van der Waals surface area (Å²) in [7, 11) is 0. The normalized spacial score (nSPS) is 20.7. The van der Waals surface area contributed by atoms with E-state index in [0.29, 0.717) is 17.9 Å². The molecule has 0 radical (unpaired) electrons. The molecule has 0 bridgehead atoms. The molecular weight excluding hydrogens is 332 g/mol. The fourth-order valence-corrected chi connectivity index (χ4v) is 2.27. The Labute approximate surface area is 135 Å². The van der Waals surface area contributed by atoms with Crippen LogP contribution in [0.4, 0.5) is 17.6 Å². The topological polar surface area (TPSA) is 62.1 Å². The molecule has 1 aromatic rings. The van der Waals surface area contributed by atoms with Gasteiger partial charge in [0.25, 0.3) is 12.9 Å². The van der Waals surface area contributed by atoms with Gasteiger partial charge in [-0.1, -0.05) is 12.1 Å². The van der Waals surface area contributed by atoms with Gasteiger partial charge in [-0.2, -0.15) is 10.1 Å². The highest BCUT2D eigenvalue weighted by atomic mass is 19.3. The van der Waals surface area contributed by atoms with Crippen molar-refractivity contribution < 1.29 is 32.2 Å². The van der Waals surface area contributed by atoms with Crippen molar-refractivity contribution in [2.45, 2.75) is 38.3 Å². The number of nitrogens with zero attached hydrogens (tertiary/aromatic N) is 2. The summed E-state index contributed by atoms with van der Waals surface area (Å²) >= 11 is 0. The van der Waals surface area contributed by atoms with Gasteiger partial charge < -0.3 is 9.84 Å². The molecule has 24 heavy (non-hydrogen) atoms. The lowest BCUT2D eigenvalue weighted by atomic mass is 10.1. The van der Waals surface area contributed by atoms with Crippen LogP contribution in [0.2, 0.25) is 0 Å². The highest BCUT2D eigenvalue weighted by molar-refractivity contribution is 5.93. The molecule has 2 rings (SSSR count). The van der Waals surface area contributed by atoms with E-state index < -0.39 is 36.6 Å². The van der Waals surface area contributed by atoms with E-state index in [0.717, 1.165) is 0 Å². The molecule has 0 aliphatic carbocycles. The summed E-state index contributed by atoms with van der Waals surface area (Å²) in [5.74, 6) is -0.436. The molecule has 1 aliphatic heterocycles. The van der Waals surface area contributed by atoms with Gasteiger partial charge in [0.05, 0.1) is 13.0 Å². The third kappa shape index (κ3) is 3.66. The molecular formula is C15H16F4N2O3. The summed E-state index contributed by atoms with van der Waals surface area (Å²) < 4.78 is 56.7. The Morgan fingerprint density at radius 2 is 1.96 bits per heavy atom. The molecule has 0 spiro atoms. The number of hydrogen-bond acceptors (Lipinski definition) is 4. The molecule has 1 N–H and O–H groups in total. The second-order valence-electron chi connectivity index (χ2n) is 5.21. The fourth-order valence-electron chi connectivity index (χ4n) is 2.27. The SMILES string of the molecule is CCOc1ccc(CC(=O)N2N=C(C(F)F)C[C@@]2(O)C(F)F)cc1. The first-order chi connectivity index (χ1) is 11.3. The van der Waals surface area contributed by atoms with Gasteiger partial charge in [-0.3, -0.25) is 4.79 Å². The van der Waals surface area contributed by atoms with Crippen molar-refractivity contribution in [2.24, 2.45) is 5.10 Å². The van der Waals surface area contributed by atoms with Crippen LogP contribution in [-0.4, -0.2) is 46.9 Å². The molecule has 1 aromatic carbocycles. The van der Waals surface area contributed by atoms with Crippen LogP contribution in [0.25, 0.3) is 0 Å². The summed E-state index contributed by atoms with van der Waals surface area (Å²) in [6.07, 6.45) is -8.01. The van der Waals surface area contributed by atoms with Gasteiger partial charge in [0.1, 0.15) is 11.5 Å². The number of carbonyl (C=O) groups is 1. The maximum atomic E-state index is 13.1. The summed E-state index contributed by atoms with van der Waals surface area (Å²) in [5.41, 5.74) is -3.55. The Kier molecular flexibility index (Phi) is 5.43. The minimum atomic E-state index is -3.43. The van der Waals surface area contributed by atoms with Crippen molar-refractivity contribution in [2.75, 3.05) is 6.61 Å². The number of aliphatic hydroxyl groups is 1. The van der Waals surface area contributed by atoms with Gasteiger partial charge in [-0.05, 0) is 24.6 Å². The van der Waals surface area contributed by atoms with Crippen LogP contribution in [0.1, 0.15) is 18.9 Å². The van der Waals surface area contributed by atoms with Gasteiger partial charge in [-0.15, -0.1) is 0 Å². The van der Waals surface area contributed by atoms with E-state index in [1.54, 1.807) is 19.1 Å². The number of halogens is 4. The van der Waals surface area contributed by atoms with Gasteiger partial charge in [-0.25, -0.2) is 17.6 Å². The molecule has 0 unspecified atom stereocenters. The Hall–Kier alpha value is -2.16. The van der Waals surface area contributed by atoms with E-state index in [4.69, 9.17) is 4.74 Å². The van der Waals surface area contributed by atoms with Crippen LogP contribution in [0.3, 0.4) is 0 Å². The van der Waals surface area contributed by atoms with Crippen molar-refractivity contribution in [3.05, 3.63) is 29.8 Å². The number of amides is 1. The number of carbonyl (C=O) groups excluding carboxylic acids is 1. The number of rotatable bonds is 6. The summed E-state index contributed by atoms with van der Waals surface area (Å²) in [5, 5.41) is 13.2. The van der Waals surface area contributed by atoms with Crippen molar-refractivity contribution in [1.82, 2.24) is 5.01 Å². The van der Waals surface area contributed by atoms with Gasteiger partial charge in [0, 0.05) is 6.42 Å². The van der Waals surface area contributed by atoms with Crippen LogP contribution in [0.5, 0.6) is 5.75 Å². The Morgan fingerprint density at radius 3 is 2.46 bits per heavy atom. The summed E-state index contributed by atoms with van der Waals surface area (Å²) in [6.45, 7) is 2.26. The van der Waals surface area contributed by atoms with E-state index in [2.05, 4.69) is 5.10 Å². The molecule has 0 fully saturated rings. The van der Waals surface area contributed by atoms with E-state index in [1.807, 2.05) is 0 Å². The monoisotopic (exact) mass is 348 g/mol. The average Bonchev–Trinajstić information content (AvgIpc) is 2.89. The maximum absolute atomic E-state index is 13.1. The standard InChI is InChI=1S/C15H16F4N2O3/c1-2-24-10-5-3-9(4-6-10)7-12(22)21-15(23,14(18)19)8-11(20-21)13(16)17/h3-6,13-14,23H,2,7-8H2,1H3/t15-/m1/s1. The molecule has 0 saturated carbocycles. The van der Waals surface area contributed by atoms with E-state index >= 15 is 0 Å². The molecule has 1 aliphatic rings. The van der Waals surface area contributed by atoms with Crippen LogP contribution in [-0.2, 0) is 11.2 Å². The smallest absolute Gasteiger partial charge is 0.287 e. The number of benzene rings is 1. The van der Waals surface area contributed by atoms with Crippen molar-refractivity contribution in [1.29, 1.82) is 0 Å². The third-order valence-corrected chi connectivity index (χ3v) is 3.46. The highest BCUT2D eigenvalue weighted by Gasteiger charge is 2.53. The summed E-state index contributed by atoms with van der Waals surface area (Å²) in [6, 6.07) is 6.25. The third-order valence-electron chi connectivity index (χ3n) is 3.46. The highest BCUT2D eigenvalue weighted by Crippen LogP contribution is 2.33. The first-order valence-electron chi connectivity index (χ1n) is 7.18. The summed E-state index contributed by atoms with van der Waals surface area (Å²) in [4.78, 5) is 12.2. The number of hydrogen-bond donors (Lipinski definition) is 1. The Bertz CT molecular complexity index is 622. The quantitative estimate of drug-likeness (QED) is 0.803. The largest absolute Gasteiger partial charge is 0.494 e. The van der Waals surface area contributed by atoms with Gasteiger partial charge in [0.2, 0.25) is 11.6 Å². The predicted molar refractivity (Wildman–Crippen MR) is 77.2 cm³/mol. The minimum absolute atomic E-state index is 0.0651. The molecule has 9 heteroatoms. The lowest BCUT2D eigenvalue weighted by Gasteiger charge is -2.30. The second kappa shape index (κ2) is 7.16. The zero-order chi connectivity index (χ0) is 17.9. The Balaban J connectivity index is 2.16. The van der Waals surface area contributed by atoms with Crippen LogP contribution < -0.4 is 4.74 Å². The van der Waals surface area contributed by atoms with Crippen LogP contribution in [0, 0.1) is 0 Å². The minimum Gasteiger partial charge on any atom is -0.494 e. The molecule has 1 amide bonds. The van der Waals surface area contributed by atoms with E-state index in [-0.39, 0.29) is 11.4 Å². The Morgan fingerprint density at radius 1 is 1.33 bits per heavy atom. The lowest BCUT2D eigenvalue weighted by Crippen LogP contribution is -2.52. The molecule has 132 valence electrons. The molecule has 0 saturated heterocycles. The maximum Gasteiger partial charge on any atom is 0.287 e. The first kappa shape index (κ1) is 18.2. The molecule has 1 heterocycles. The lowest BCUT2D eigenvalue weighted by molar-refractivity contribution is -0.191. The number of alkyl halides is 4. The first-order valence-corrected chi connectivity index (χ1v) is 7.18. The molecule has 0 aromatic heterocycles. The molecule has 1 atom stereocenters. The van der Waals surface area contributed by atoms with Crippen LogP contribution >= 0.6 is 0 Å². The van der Waals surface area contributed by atoms with Crippen molar-refractivity contribution in [3.8, 4) is 5.75 Å².